The third-order valence-electron chi connectivity index (χ3n) is 2.22. The van der Waals surface area contributed by atoms with Crippen molar-refractivity contribution in [3.8, 4) is 5.75 Å². The van der Waals surface area contributed by atoms with E-state index >= 15 is 0 Å². The number of nitrogens with two attached hydrogens (primary N) is 2. The smallest absolute Gasteiger partial charge is 0.277 e. The van der Waals surface area contributed by atoms with Gasteiger partial charge in [-0.3, -0.25) is 10.1 Å². The average Bonchev–Trinajstić information content (AvgIpc) is 2.20. The van der Waals surface area contributed by atoms with E-state index in [4.69, 9.17) is 11.5 Å². The largest absolute Gasteiger partial charge is 0.507 e. The summed E-state index contributed by atoms with van der Waals surface area (Å²) < 4.78 is 0. The molecular formula is C9H14ClN3O3. The molecule has 6 nitrogen and oxygen atoms in total. The molecule has 0 aliphatic heterocycles. The normalized spacial score (nSPS) is 11.7. The van der Waals surface area contributed by atoms with Gasteiger partial charge in [0, 0.05) is 12.6 Å². The van der Waals surface area contributed by atoms with Gasteiger partial charge in [-0.1, -0.05) is 0 Å². The van der Waals surface area contributed by atoms with Gasteiger partial charge in [0.2, 0.25) is 0 Å². The van der Waals surface area contributed by atoms with Crippen LogP contribution in [0.5, 0.6) is 5.75 Å². The molecule has 1 atom stereocenters. The molecule has 0 aromatic heterocycles. The SMILES string of the molecule is Cc1ccc([N+](=O)[O-])c([C@@H](N)CN)c1O.Cl. The molecule has 0 aliphatic carbocycles. The Morgan fingerprint density at radius 2 is 2.12 bits per heavy atom. The first kappa shape index (κ1) is 14.6. The van der Waals surface area contributed by atoms with Crippen molar-refractivity contribution in [1.82, 2.24) is 0 Å². The fourth-order valence-electron chi connectivity index (χ4n) is 1.35. The van der Waals surface area contributed by atoms with Crippen molar-refractivity contribution in [3.05, 3.63) is 33.4 Å². The second-order valence-corrected chi connectivity index (χ2v) is 3.26. The molecule has 0 fully saturated rings. The van der Waals surface area contributed by atoms with Crippen molar-refractivity contribution in [3.63, 3.8) is 0 Å². The maximum Gasteiger partial charge on any atom is 0.277 e. The number of aryl methyl sites for hydroxylation is 1. The van der Waals surface area contributed by atoms with Crippen molar-refractivity contribution in [2.24, 2.45) is 11.5 Å². The zero-order valence-electron chi connectivity index (χ0n) is 8.71. The van der Waals surface area contributed by atoms with Crippen molar-refractivity contribution in [2.75, 3.05) is 6.54 Å². The Balaban J connectivity index is 0.00000225. The van der Waals surface area contributed by atoms with Crippen LogP contribution >= 0.6 is 12.4 Å². The van der Waals surface area contributed by atoms with Gasteiger partial charge in [-0.05, 0) is 18.6 Å². The quantitative estimate of drug-likeness (QED) is 0.544. The fraction of sp³-hybridized carbons (Fsp3) is 0.333. The molecule has 0 amide bonds. The second kappa shape index (κ2) is 5.64. The third kappa shape index (κ3) is 2.60. The molecule has 7 heteroatoms. The topological polar surface area (TPSA) is 115 Å². The molecule has 0 radical (unpaired) electrons. The Morgan fingerprint density at radius 3 is 2.56 bits per heavy atom. The monoisotopic (exact) mass is 247 g/mol. The summed E-state index contributed by atoms with van der Waals surface area (Å²) in [5.74, 6) is -0.151. The van der Waals surface area contributed by atoms with E-state index in [1.165, 1.54) is 12.1 Å². The van der Waals surface area contributed by atoms with Crippen LogP contribution in [-0.4, -0.2) is 16.6 Å². The summed E-state index contributed by atoms with van der Waals surface area (Å²) in [5.41, 5.74) is 11.4. The predicted octanol–water partition coefficient (Wildman–Crippen LogP) is 0.989. The lowest BCUT2D eigenvalue weighted by Gasteiger charge is -2.12. The van der Waals surface area contributed by atoms with Gasteiger partial charge in [-0.2, -0.15) is 0 Å². The van der Waals surface area contributed by atoms with Gasteiger partial charge in [0.25, 0.3) is 5.69 Å². The van der Waals surface area contributed by atoms with Crippen molar-refractivity contribution in [2.45, 2.75) is 13.0 Å². The van der Waals surface area contributed by atoms with Gasteiger partial charge in [-0.15, -0.1) is 12.4 Å². The highest BCUT2D eigenvalue weighted by molar-refractivity contribution is 5.85. The summed E-state index contributed by atoms with van der Waals surface area (Å²) in [6.07, 6.45) is 0. The zero-order chi connectivity index (χ0) is 11.6. The van der Waals surface area contributed by atoms with Crippen LogP contribution in [0.25, 0.3) is 0 Å². The second-order valence-electron chi connectivity index (χ2n) is 3.26. The first-order valence-corrected chi connectivity index (χ1v) is 4.41. The molecule has 16 heavy (non-hydrogen) atoms. The molecule has 0 bridgehead atoms. The molecule has 1 aromatic carbocycles. The summed E-state index contributed by atoms with van der Waals surface area (Å²) in [4.78, 5) is 10.1. The highest BCUT2D eigenvalue weighted by Crippen LogP contribution is 2.34. The minimum Gasteiger partial charge on any atom is -0.507 e. The summed E-state index contributed by atoms with van der Waals surface area (Å²) in [6.45, 7) is 1.68. The molecule has 1 rings (SSSR count). The number of hydrogen-bond donors (Lipinski definition) is 3. The lowest BCUT2D eigenvalue weighted by Crippen LogP contribution is -2.22. The molecule has 1 aromatic rings. The van der Waals surface area contributed by atoms with E-state index in [0.29, 0.717) is 5.56 Å². The van der Waals surface area contributed by atoms with E-state index in [2.05, 4.69) is 0 Å². The predicted molar refractivity (Wildman–Crippen MR) is 62.7 cm³/mol. The molecule has 0 saturated heterocycles. The Bertz CT molecular complexity index is 398. The average molecular weight is 248 g/mol. The van der Waals surface area contributed by atoms with Crippen LogP contribution in [0.3, 0.4) is 0 Å². The number of phenols is 1. The van der Waals surface area contributed by atoms with Crippen LogP contribution in [0.4, 0.5) is 5.69 Å². The molecule has 0 spiro atoms. The highest BCUT2D eigenvalue weighted by atomic mass is 35.5. The fourth-order valence-corrected chi connectivity index (χ4v) is 1.35. The molecule has 0 heterocycles. The molecule has 0 unspecified atom stereocenters. The number of rotatable bonds is 3. The summed E-state index contributed by atoms with van der Waals surface area (Å²) in [7, 11) is 0. The minimum absolute atomic E-state index is 0. The maximum absolute atomic E-state index is 10.7. The molecular weight excluding hydrogens is 234 g/mol. The van der Waals surface area contributed by atoms with Gasteiger partial charge in [0.05, 0.1) is 16.5 Å². The molecule has 0 aliphatic rings. The molecule has 5 N–H and O–H groups in total. The maximum atomic E-state index is 10.7. The van der Waals surface area contributed by atoms with Crippen LogP contribution in [0.1, 0.15) is 17.2 Å². The van der Waals surface area contributed by atoms with E-state index in [-0.39, 0.29) is 36.0 Å². The van der Waals surface area contributed by atoms with Gasteiger partial charge < -0.3 is 16.6 Å². The van der Waals surface area contributed by atoms with Gasteiger partial charge in [0.15, 0.2) is 0 Å². The van der Waals surface area contributed by atoms with E-state index in [0.717, 1.165) is 0 Å². The summed E-state index contributed by atoms with van der Waals surface area (Å²) in [6, 6.07) is 2.06. The molecule has 0 saturated carbocycles. The van der Waals surface area contributed by atoms with Crippen molar-refractivity contribution >= 4 is 18.1 Å². The highest BCUT2D eigenvalue weighted by Gasteiger charge is 2.23. The lowest BCUT2D eigenvalue weighted by atomic mass is 10.0. The number of hydrogen-bond acceptors (Lipinski definition) is 5. The van der Waals surface area contributed by atoms with E-state index in [1.807, 2.05) is 0 Å². The number of nitro benzene ring substituents is 1. The first-order chi connectivity index (χ1) is 6.99. The Morgan fingerprint density at radius 1 is 1.56 bits per heavy atom. The van der Waals surface area contributed by atoms with Gasteiger partial charge in [0.1, 0.15) is 5.75 Å². The van der Waals surface area contributed by atoms with Crippen LogP contribution in [0.15, 0.2) is 12.1 Å². The van der Waals surface area contributed by atoms with Crippen LogP contribution in [0, 0.1) is 17.0 Å². The van der Waals surface area contributed by atoms with Crippen LogP contribution in [0.2, 0.25) is 0 Å². The van der Waals surface area contributed by atoms with Crippen LogP contribution < -0.4 is 11.5 Å². The van der Waals surface area contributed by atoms with E-state index in [9.17, 15) is 15.2 Å². The lowest BCUT2D eigenvalue weighted by molar-refractivity contribution is -0.385. The van der Waals surface area contributed by atoms with Gasteiger partial charge in [-0.25, -0.2) is 0 Å². The number of aromatic hydroxyl groups is 1. The molecule has 90 valence electrons. The third-order valence-corrected chi connectivity index (χ3v) is 2.22. The number of nitrogens with zero attached hydrogens (tertiary/aromatic N) is 1. The van der Waals surface area contributed by atoms with Crippen molar-refractivity contribution < 1.29 is 10.0 Å². The standard InChI is InChI=1S/C9H13N3O3.ClH/c1-5-2-3-7(12(14)15)8(9(5)13)6(11)4-10;/h2-3,6,13H,4,10-11H2,1H3;1H/t6-;/m0./s1. The van der Waals surface area contributed by atoms with E-state index < -0.39 is 11.0 Å². The Kier molecular flexibility index (Phi) is 5.16. The summed E-state index contributed by atoms with van der Waals surface area (Å²) in [5, 5.41) is 20.4. The van der Waals surface area contributed by atoms with Gasteiger partial charge >= 0.3 is 0 Å². The first-order valence-electron chi connectivity index (χ1n) is 4.41. The Hall–Kier alpha value is -1.37. The number of phenolic OH excluding ortho intramolecular Hbond substituents is 1. The van der Waals surface area contributed by atoms with E-state index in [1.54, 1.807) is 6.92 Å². The number of halogens is 1. The van der Waals surface area contributed by atoms with Crippen molar-refractivity contribution in [1.29, 1.82) is 0 Å². The minimum atomic E-state index is -0.731. The number of nitro groups is 1. The summed E-state index contributed by atoms with van der Waals surface area (Å²) >= 11 is 0. The van der Waals surface area contributed by atoms with Crippen LogP contribution in [-0.2, 0) is 0 Å². The zero-order valence-corrected chi connectivity index (χ0v) is 9.53. The number of benzene rings is 1. The Labute approximate surface area is 98.8 Å².